The Bertz CT molecular complexity index is 531. The molecule has 2 heterocycles. The van der Waals surface area contributed by atoms with Crippen LogP contribution in [0.25, 0.3) is 0 Å². The Kier molecular flexibility index (Phi) is 5.20. The van der Waals surface area contributed by atoms with Crippen molar-refractivity contribution < 1.29 is 4.42 Å². The van der Waals surface area contributed by atoms with E-state index in [9.17, 15) is 0 Å². The van der Waals surface area contributed by atoms with Gasteiger partial charge in [0.2, 0.25) is 0 Å². The van der Waals surface area contributed by atoms with Crippen molar-refractivity contribution >= 4 is 11.8 Å². The zero-order valence-electron chi connectivity index (χ0n) is 12.4. The van der Waals surface area contributed by atoms with Crippen LogP contribution in [0.4, 0.5) is 0 Å². The van der Waals surface area contributed by atoms with Crippen LogP contribution in [-0.4, -0.2) is 21.8 Å². The molecule has 5 heteroatoms. The van der Waals surface area contributed by atoms with Crippen molar-refractivity contribution in [2.45, 2.75) is 44.6 Å². The highest BCUT2D eigenvalue weighted by molar-refractivity contribution is 7.99. The average molecular weight is 291 g/mol. The largest absolute Gasteiger partial charge is 0.468 e. The second kappa shape index (κ2) is 6.90. The topological polar surface area (TPSA) is 51.0 Å². The average Bonchev–Trinajstić information content (AvgIpc) is 2.89. The minimum absolute atomic E-state index is 0.409. The number of hydrogen-bond donors (Lipinski definition) is 1. The monoisotopic (exact) mass is 291 g/mol. The molecule has 20 heavy (non-hydrogen) atoms. The lowest BCUT2D eigenvalue weighted by atomic mass is 10.2. The van der Waals surface area contributed by atoms with Crippen LogP contribution in [-0.2, 0) is 6.54 Å². The summed E-state index contributed by atoms with van der Waals surface area (Å²) in [6.07, 6.45) is 1.70. The van der Waals surface area contributed by atoms with Crippen molar-refractivity contribution in [1.82, 2.24) is 15.3 Å². The molecule has 0 bridgehead atoms. The predicted octanol–water partition coefficient (Wildman–Crippen LogP) is 3.27. The summed E-state index contributed by atoms with van der Waals surface area (Å²) in [6.45, 7) is 9.95. The molecule has 1 unspecified atom stereocenters. The number of thioether (sulfide) groups is 1. The van der Waals surface area contributed by atoms with Crippen molar-refractivity contribution in [2.24, 2.45) is 0 Å². The molecule has 0 aliphatic carbocycles. The molecule has 0 spiro atoms. The van der Waals surface area contributed by atoms with Crippen LogP contribution in [0.15, 0.2) is 28.0 Å². The van der Waals surface area contributed by atoms with Crippen LogP contribution in [0.1, 0.15) is 29.6 Å². The first-order chi connectivity index (χ1) is 9.56. The molecule has 0 amide bonds. The maximum Gasteiger partial charge on any atom is 0.188 e. The van der Waals surface area contributed by atoms with Crippen LogP contribution in [0.2, 0.25) is 0 Å². The molecular weight excluding hydrogens is 270 g/mol. The van der Waals surface area contributed by atoms with Crippen molar-refractivity contribution in [3.63, 3.8) is 0 Å². The van der Waals surface area contributed by atoms with Crippen LogP contribution < -0.4 is 5.32 Å². The van der Waals surface area contributed by atoms with E-state index in [1.807, 2.05) is 26.0 Å². The first kappa shape index (κ1) is 15.1. The van der Waals surface area contributed by atoms with Crippen LogP contribution in [0.3, 0.4) is 0 Å². The molecule has 0 aliphatic rings. The predicted molar refractivity (Wildman–Crippen MR) is 82.0 cm³/mol. The third-order valence-corrected chi connectivity index (χ3v) is 4.19. The van der Waals surface area contributed by atoms with Crippen LogP contribution in [0.5, 0.6) is 0 Å². The van der Waals surface area contributed by atoms with E-state index in [0.717, 1.165) is 35.4 Å². The highest BCUT2D eigenvalue weighted by atomic mass is 32.2. The van der Waals surface area contributed by atoms with Gasteiger partial charge < -0.3 is 9.73 Å². The minimum atomic E-state index is 0.409. The lowest BCUT2D eigenvalue weighted by Gasteiger charge is -2.12. The summed E-state index contributed by atoms with van der Waals surface area (Å²) in [5, 5.41) is 4.65. The molecule has 2 aromatic rings. The zero-order chi connectivity index (χ0) is 14.5. The summed E-state index contributed by atoms with van der Waals surface area (Å²) < 4.78 is 5.28. The lowest BCUT2D eigenvalue weighted by Crippen LogP contribution is -2.22. The highest BCUT2D eigenvalue weighted by Gasteiger charge is 2.10. The Balaban J connectivity index is 1.83. The van der Waals surface area contributed by atoms with Gasteiger partial charge in [-0.3, -0.25) is 0 Å². The molecule has 0 saturated heterocycles. The van der Waals surface area contributed by atoms with Gasteiger partial charge in [-0.2, -0.15) is 0 Å². The van der Waals surface area contributed by atoms with Gasteiger partial charge in [-0.25, -0.2) is 9.97 Å². The fourth-order valence-corrected chi connectivity index (χ4v) is 2.77. The minimum Gasteiger partial charge on any atom is -0.468 e. The van der Waals surface area contributed by atoms with Gasteiger partial charge in [0.25, 0.3) is 0 Å². The van der Waals surface area contributed by atoms with E-state index in [1.165, 1.54) is 5.56 Å². The SMILES string of the molecule is Cc1nc(SC(C)CNCc2ccco2)nc(C)c1C. The van der Waals surface area contributed by atoms with Crippen molar-refractivity contribution in [2.75, 3.05) is 6.54 Å². The van der Waals surface area contributed by atoms with E-state index in [1.54, 1.807) is 18.0 Å². The summed E-state index contributed by atoms with van der Waals surface area (Å²) in [6, 6.07) is 3.88. The first-order valence-electron chi connectivity index (χ1n) is 6.78. The normalized spacial score (nSPS) is 12.6. The molecule has 1 N–H and O–H groups in total. The number of furan rings is 1. The van der Waals surface area contributed by atoms with Gasteiger partial charge in [0.05, 0.1) is 12.8 Å². The summed E-state index contributed by atoms with van der Waals surface area (Å²) in [5.74, 6) is 0.959. The highest BCUT2D eigenvalue weighted by Crippen LogP contribution is 2.21. The van der Waals surface area contributed by atoms with E-state index in [2.05, 4.69) is 29.1 Å². The molecule has 0 aliphatic heterocycles. The molecule has 2 rings (SSSR count). The van der Waals surface area contributed by atoms with Gasteiger partial charge >= 0.3 is 0 Å². The number of rotatable bonds is 6. The van der Waals surface area contributed by atoms with Crippen molar-refractivity contribution in [3.8, 4) is 0 Å². The van der Waals surface area contributed by atoms with E-state index < -0.39 is 0 Å². The molecule has 108 valence electrons. The molecule has 0 aromatic carbocycles. The molecular formula is C15H21N3OS. The third kappa shape index (κ3) is 4.08. The smallest absolute Gasteiger partial charge is 0.188 e. The van der Waals surface area contributed by atoms with E-state index in [-0.39, 0.29) is 0 Å². The van der Waals surface area contributed by atoms with Gasteiger partial charge in [0.1, 0.15) is 5.76 Å². The summed E-state index contributed by atoms with van der Waals surface area (Å²) in [4.78, 5) is 9.07. The molecule has 0 saturated carbocycles. The Morgan fingerprint density at radius 1 is 1.25 bits per heavy atom. The Hall–Kier alpha value is -1.33. The zero-order valence-corrected chi connectivity index (χ0v) is 13.3. The maximum atomic E-state index is 5.28. The van der Waals surface area contributed by atoms with E-state index in [4.69, 9.17) is 4.42 Å². The standard InChI is InChI=1S/C15H21N3OS/c1-10(8-16-9-14-6-5-7-19-14)20-15-17-12(3)11(2)13(4)18-15/h5-7,10,16H,8-9H2,1-4H3. The molecule has 0 radical (unpaired) electrons. The van der Waals surface area contributed by atoms with Gasteiger partial charge in [0, 0.05) is 23.2 Å². The fourth-order valence-electron chi connectivity index (χ4n) is 1.83. The van der Waals surface area contributed by atoms with Gasteiger partial charge in [-0.15, -0.1) is 0 Å². The summed E-state index contributed by atoms with van der Waals surface area (Å²) in [5.41, 5.74) is 3.31. The van der Waals surface area contributed by atoms with Gasteiger partial charge in [0.15, 0.2) is 5.16 Å². The van der Waals surface area contributed by atoms with Gasteiger partial charge in [-0.05, 0) is 38.5 Å². The van der Waals surface area contributed by atoms with E-state index >= 15 is 0 Å². The number of aryl methyl sites for hydroxylation is 2. The van der Waals surface area contributed by atoms with Crippen LogP contribution >= 0.6 is 11.8 Å². The number of nitrogens with zero attached hydrogens (tertiary/aromatic N) is 2. The molecule has 0 fully saturated rings. The summed E-state index contributed by atoms with van der Waals surface area (Å²) in [7, 11) is 0. The first-order valence-corrected chi connectivity index (χ1v) is 7.66. The summed E-state index contributed by atoms with van der Waals surface area (Å²) >= 11 is 1.70. The van der Waals surface area contributed by atoms with E-state index in [0.29, 0.717) is 5.25 Å². The van der Waals surface area contributed by atoms with Crippen molar-refractivity contribution in [1.29, 1.82) is 0 Å². The number of hydrogen-bond acceptors (Lipinski definition) is 5. The molecule has 1 atom stereocenters. The molecule has 4 nitrogen and oxygen atoms in total. The van der Waals surface area contributed by atoms with Crippen LogP contribution in [0, 0.1) is 20.8 Å². The maximum absolute atomic E-state index is 5.28. The Labute approximate surface area is 124 Å². The fraction of sp³-hybridized carbons (Fsp3) is 0.467. The Morgan fingerprint density at radius 2 is 1.95 bits per heavy atom. The third-order valence-electron chi connectivity index (χ3n) is 3.23. The second-order valence-electron chi connectivity index (χ2n) is 4.94. The quantitative estimate of drug-likeness (QED) is 0.654. The number of aromatic nitrogens is 2. The second-order valence-corrected chi connectivity index (χ2v) is 6.35. The van der Waals surface area contributed by atoms with Gasteiger partial charge in [-0.1, -0.05) is 18.7 Å². The number of nitrogens with one attached hydrogen (secondary N) is 1. The Morgan fingerprint density at radius 3 is 2.55 bits per heavy atom. The lowest BCUT2D eigenvalue weighted by molar-refractivity contribution is 0.484. The molecule has 2 aromatic heterocycles. The van der Waals surface area contributed by atoms with Crippen molar-refractivity contribution in [3.05, 3.63) is 41.1 Å².